The van der Waals surface area contributed by atoms with Gasteiger partial charge < -0.3 is 15.4 Å². The SMILES string of the molecule is CCCOc1cncc(N(C)C2CCCC2CN)n1. The lowest BCUT2D eigenvalue weighted by Crippen LogP contribution is -2.38. The molecule has 1 aromatic heterocycles. The maximum Gasteiger partial charge on any atom is 0.234 e. The van der Waals surface area contributed by atoms with Gasteiger partial charge in [-0.25, -0.2) is 0 Å². The normalized spacial score (nSPS) is 22.5. The van der Waals surface area contributed by atoms with E-state index in [9.17, 15) is 0 Å². The highest BCUT2D eigenvalue weighted by molar-refractivity contribution is 5.38. The molecule has 2 N–H and O–H groups in total. The third-order valence-electron chi connectivity index (χ3n) is 3.83. The van der Waals surface area contributed by atoms with Crippen molar-refractivity contribution < 1.29 is 4.74 Å². The fourth-order valence-corrected chi connectivity index (χ4v) is 2.76. The van der Waals surface area contributed by atoms with Crippen molar-refractivity contribution in [3.8, 4) is 5.88 Å². The minimum Gasteiger partial charge on any atom is -0.477 e. The van der Waals surface area contributed by atoms with E-state index in [-0.39, 0.29) is 0 Å². The first-order valence-corrected chi connectivity index (χ1v) is 7.14. The average molecular weight is 264 g/mol. The molecule has 0 aliphatic heterocycles. The van der Waals surface area contributed by atoms with Crippen LogP contribution in [0.5, 0.6) is 5.88 Å². The molecular weight excluding hydrogens is 240 g/mol. The maximum atomic E-state index is 5.85. The third kappa shape index (κ3) is 3.35. The van der Waals surface area contributed by atoms with Gasteiger partial charge in [0.05, 0.1) is 19.0 Å². The second-order valence-electron chi connectivity index (χ2n) is 5.17. The van der Waals surface area contributed by atoms with Gasteiger partial charge in [0.1, 0.15) is 0 Å². The Bertz CT molecular complexity index is 399. The molecule has 1 aliphatic carbocycles. The predicted octanol–water partition coefficient (Wildman–Crippen LogP) is 1.83. The van der Waals surface area contributed by atoms with Crippen LogP contribution in [0.4, 0.5) is 5.82 Å². The van der Waals surface area contributed by atoms with E-state index in [2.05, 4.69) is 28.8 Å². The first kappa shape index (κ1) is 14.1. The second kappa shape index (κ2) is 6.70. The molecule has 1 saturated carbocycles. The molecule has 2 unspecified atom stereocenters. The molecule has 0 saturated heterocycles. The maximum absolute atomic E-state index is 5.85. The molecule has 0 radical (unpaired) electrons. The molecular formula is C14H24N4O. The Kier molecular flexibility index (Phi) is 4.96. The van der Waals surface area contributed by atoms with Crippen molar-refractivity contribution in [3.05, 3.63) is 12.4 Å². The number of ether oxygens (including phenoxy) is 1. The first-order valence-electron chi connectivity index (χ1n) is 7.14. The van der Waals surface area contributed by atoms with Crippen LogP contribution in [0.3, 0.4) is 0 Å². The van der Waals surface area contributed by atoms with Gasteiger partial charge in [-0.3, -0.25) is 4.98 Å². The summed E-state index contributed by atoms with van der Waals surface area (Å²) in [7, 11) is 2.08. The highest BCUT2D eigenvalue weighted by atomic mass is 16.5. The van der Waals surface area contributed by atoms with Crippen molar-refractivity contribution in [1.29, 1.82) is 0 Å². The largest absolute Gasteiger partial charge is 0.477 e. The Morgan fingerprint density at radius 1 is 1.42 bits per heavy atom. The van der Waals surface area contributed by atoms with Crippen LogP contribution < -0.4 is 15.4 Å². The van der Waals surface area contributed by atoms with E-state index in [1.165, 1.54) is 19.3 Å². The second-order valence-corrected chi connectivity index (χ2v) is 5.17. The van der Waals surface area contributed by atoms with Gasteiger partial charge in [0.15, 0.2) is 5.82 Å². The van der Waals surface area contributed by atoms with Crippen LogP contribution in [0.15, 0.2) is 12.4 Å². The first-order chi connectivity index (χ1) is 9.26. The molecule has 5 nitrogen and oxygen atoms in total. The van der Waals surface area contributed by atoms with E-state index in [4.69, 9.17) is 10.5 Å². The number of anilines is 1. The third-order valence-corrected chi connectivity index (χ3v) is 3.83. The number of nitrogens with zero attached hydrogens (tertiary/aromatic N) is 3. The fourth-order valence-electron chi connectivity index (χ4n) is 2.76. The van der Waals surface area contributed by atoms with E-state index in [0.717, 1.165) is 18.8 Å². The summed E-state index contributed by atoms with van der Waals surface area (Å²) in [6.07, 6.45) is 8.08. The lowest BCUT2D eigenvalue weighted by atomic mass is 10.0. The smallest absolute Gasteiger partial charge is 0.234 e. The van der Waals surface area contributed by atoms with Gasteiger partial charge in [0.2, 0.25) is 5.88 Å². The number of nitrogens with two attached hydrogens (primary N) is 1. The van der Waals surface area contributed by atoms with Crippen molar-refractivity contribution in [2.24, 2.45) is 11.7 Å². The van der Waals surface area contributed by atoms with Gasteiger partial charge >= 0.3 is 0 Å². The molecule has 5 heteroatoms. The van der Waals surface area contributed by atoms with E-state index in [1.54, 1.807) is 12.4 Å². The highest BCUT2D eigenvalue weighted by Crippen LogP contribution is 2.30. The summed E-state index contributed by atoms with van der Waals surface area (Å²) >= 11 is 0. The zero-order valence-electron chi connectivity index (χ0n) is 11.9. The molecule has 0 bridgehead atoms. The molecule has 2 rings (SSSR count). The Morgan fingerprint density at radius 3 is 3.00 bits per heavy atom. The van der Waals surface area contributed by atoms with Gasteiger partial charge in [-0.15, -0.1) is 0 Å². The Balaban J connectivity index is 2.07. The van der Waals surface area contributed by atoms with Crippen molar-refractivity contribution >= 4 is 5.82 Å². The number of aromatic nitrogens is 2. The molecule has 106 valence electrons. The summed E-state index contributed by atoms with van der Waals surface area (Å²) in [6.45, 7) is 3.50. The molecule has 2 atom stereocenters. The zero-order chi connectivity index (χ0) is 13.7. The molecule has 1 aromatic rings. The molecule has 0 aromatic carbocycles. The van der Waals surface area contributed by atoms with Crippen LogP contribution in [-0.4, -0.2) is 36.2 Å². The van der Waals surface area contributed by atoms with E-state index in [0.29, 0.717) is 24.4 Å². The summed E-state index contributed by atoms with van der Waals surface area (Å²) in [6, 6.07) is 0.473. The van der Waals surface area contributed by atoms with Gasteiger partial charge in [-0.1, -0.05) is 13.3 Å². The molecule has 1 aliphatic rings. The fraction of sp³-hybridized carbons (Fsp3) is 0.714. The summed E-state index contributed by atoms with van der Waals surface area (Å²) in [5.74, 6) is 2.04. The Labute approximate surface area is 115 Å². The minimum absolute atomic E-state index is 0.473. The van der Waals surface area contributed by atoms with Gasteiger partial charge in [0.25, 0.3) is 0 Å². The van der Waals surface area contributed by atoms with Gasteiger partial charge in [-0.05, 0) is 31.7 Å². The molecule has 0 amide bonds. The quantitative estimate of drug-likeness (QED) is 0.849. The average Bonchev–Trinajstić information content (AvgIpc) is 2.93. The summed E-state index contributed by atoms with van der Waals surface area (Å²) < 4.78 is 5.54. The number of hydrogen-bond acceptors (Lipinski definition) is 5. The van der Waals surface area contributed by atoms with E-state index >= 15 is 0 Å². The topological polar surface area (TPSA) is 64.3 Å². The Morgan fingerprint density at radius 2 is 2.26 bits per heavy atom. The van der Waals surface area contributed by atoms with Crippen molar-refractivity contribution in [2.45, 2.75) is 38.6 Å². The van der Waals surface area contributed by atoms with Gasteiger partial charge in [-0.2, -0.15) is 4.98 Å². The molecule has 19 heavy (non-hydrogen) atoms. The summed E-state index contributed by atoms with van der Waals surface area (Å²) in [5, 5.41) is 0. The van der Waals surface area contributed by atoms with Crippen LogP contribution in [0.1, 0.15) is 32.6 Å². The van der Waals surface area contributed by atoms with Crippen molar-refractivity contribution in [2.75, 3.05) is 25.1 Å². The lowest BCUT2D eigenvalue weighted by Gasteiger charge is -2.29. The van der Waals surface area contributed by atoms with Crippen molar-refractivity contribution in [3.63, 3.8) is 0 Å². The van der Waals surface area contributed by atoms with Crippen LogP contribution in [0.25, 0.3) is 0 Å². The molecule has 1 heterocycles. The number of rotatable bonds is 6. The van der Waals surface area contributed by atoms with E-state index in [1.807, 2.05) is 0 Å². The molecule has 1 fully saturated rings. The summed E-state index contributed by atoms with van der Waals surface area (Å²) in [5.41, 5.74) is 5.85. The van der Waals surface area contributed by atoms with Crippen LogP contribution in [0.2, 0.25) is 0 Å². The monoisotopic (exact) mass is 264 g/mol. The standard InChI is InChI=1S/C14H24N4O/c1-3-7-19-14-10-16-9-13(17-14)18(2)12-6-4-5-11(12)8-15/h9-12H,3-8,15H2,1-2H3. The zero-order valence-corrected chi connectivity index (χ0v) is 11.9. The van der Waals surface area contributed by atoms with Crippen molar-refractivity contribution in [1.82, 2.24) is 9.97 Å². The molecule has 0 spiro atoms. The summed E-state index contributed by atoms with van der Waals surface area (Å²) in [4.78, 5) is 10.9. The predicted molar refractivity (Wildman–Crippen MR) is 76.4 cm³/mol. The van der Waals surface area contributed by atoms with Crippen LogP contribution in [-0.2, 0) is 0 Å². The van der Waals surface area contributed by atoms with Gasteiger partial charge in [0, 0.05) is 13.1 Å². The van der Waals surface area contributed by atoms with Crippen LogP contribution in [0, 0.1) is 5.92 Å². The Hall–Kier alpha value is -1.36. The minimum atomic E-state index is 0.473. The highest BCUT2D eigenvalue weighted by Gasteiger charge is 2.30. The van der Waals surface area contributed by atoms with E-state index < -0.39 is 0 Å². The van der Waals surface area contributed by atoms with Crippen LogP contribution >= 0.6 is 0 Å². The lowest BCUT2D eigenvalue weighted by molar-refractivity contribution is 0.303. The number of hydrogen-bond donors (Lipinski definition) is 1.